The topological polar surface area (TPSA) is 99.9 Å². The molecule has 1 aromatic heterocycles. The van der Waals surface area contributed by atoms with E-state index in [0.717, 1.165) is 16.7 Å². The van der Waals surface area contributed by atoms with E-state index < -0.39 is 29.8 Å². The molecule has 5 rings (SSSR count). The summed E-state index contributed by atoms with van der Waals surface area (Å²) in [5.74, 6) is -0.622. The Bertz CT molecular complexity index is 1250. The maximum atomic E-state index is 13.2. The number of nitrogens with one attached hydrogen (secondary N) is 1. The Morgan fingerprint density at radius 1 is 1.09 bits per heavy atom. The monoisotopic (exact) mass is 431 g/mol. The van der Waals surface area contributed by atoms with Gasteiger partial charge in [-0.25, -0.2) is 4.79 Å². The summed E-state index contributed by atoms with van der Waals surface area (Å²) >= 11 is 0. The quantitative estimate of drug-likeness (QED) is 0.494. The van der Waals surface area contributed by atoms with Crippen molar-refractivity contribution in [3.63, 3.8) is 0 Å². The maximum Gasteiger partial charge on any atom is 0.325 e. The second-order valence-corrected chi connectivity index (χ2v) is 8.22. The van der Waals surface area contributed by atoms with Gasteiger partial charge in [0.25, 0.3) is 5.91 Å². The van der Waals surface area contributed by atoms with Gasteiger partial charge < -0.3 is 14.6 Å². The van der Waals surface area contributed by atoms with Gasteiger partial charge in [0.2, 0.25) is 5.91 Å². The van der Waals surface area contributed by atoms with Gasteiger partial charge in [-0.1, -0.05) is 30.3 Å². The molecule has 1 unspecified atom stereocenters. The zero-order valence-corrected chi connectivity index (χ0v) is 17.5. The van der Waals surface area contributed by atoms with Crippen molar-refractivity contribution in [1.29, 1.82) is 0 Å². The van der Waals surface area contributed by atoms with Crippen LogP contribution in [0.15, 0.2) is 59.0 Å². The number of amides is 4. The average Bonchev–Trinajstić information content (AvgIpc) is 3.47. The van der Waals surface area contributed by atoms with Crippen LogP contribution in [0.5, 0.6) is 0 Å². The molecule has 0 saturated carbocycles. The van der Waals surface area contributed by atoms with Crippen LogP contribution in [-0.4, -0.2) is 41.6 Å². The molecule has 0 radical (unpaired) electrons. The number of rotatable bonds is 5. The van der Waals surface area contributed by atoms with Gasteiger partial charge in [0, 0.05) is 29.6 Å². The lowest BCUT2D eigenvalue weighted by atomic mass is 9.98. The molecular formula is C24H21N3O5. The number of nitrogens with zero attached hydrogens (tertiary/aromatic N) is 2. The van der Waals surface area contributed by atoms with E-state index in [2.05, 4.69) is 5.32 Å². The zero-order chi connectivity index (χ0) is 22.5. The summed E-state index contributed by atoms with van der Waals surface area (Å²) in [6.45, 7) is 1.77. The highest BCUT2D eigenvalue weighted by atomic mass is 16.3. The predicted octanol–water partition coefficient (Wildman–Crippen LogP) is 3.21. The molecule has 0 spiro atoms. The average molecular weight is 431 g/mol. The molecule has 4 amide bonds. The molecule has 0 aliphatic carbocycles. The highest BCUT2D eigenvalue weighted by Gasteiger charge is 2.51. The Hall–Kier alpha value is -3.94. The molecule has 32 heavy (non-hydrogen) atoms. The molecule has 2 aromatic carbocycles. The van der Waals surface area contributed by atoms with Gasteiger partial charge in [0.15, 0.2) is 11.3 Å². The summed E-state index contributed by atoms with van der Waals surface area (Å²) in [7, 11) is 0. The summed E-state index contributed by atoms with van der Waals surface area (Å²) in [6.07, 6.45) is 1.26. The first-order valence-electron chi connectivity index (χ1n) is 10.4. The summed E-state index contributed by atoms with van der Waals surface area (Å²) in [5.41, 5.74) is 0.177. The van der Waals surface area contributed by atoms with E-state index >= 15 is 0 Å². The van der Waals surface area contributed by atoms with E-state index in [4.69, 9.17) is 4.42 Å². The van der Waals surface area contributed by atoms with E-state index in [1.165, 1.54) is 0 Å². The Kier molecular flexibility index (Phi) is 4.58. The third kappa shape index (κ3) is 3.15. The van der Waals surface area contributed by atoms with Crippen LogP contribution in [-0.2, 0) is 15.1 Å². The van der Waals surface area contributed by atoms with Gasteiger partial charge in [0.05, 0.1) is 6.54 Å². The van der Waals surface area contributed by atoms with Crippen LogP contribution in [0.4, 0.5) is 10.5 Å². The largest absolute Gasteiger partial charge is 0.458 e. The highest BCUT2D eigenvalue weighted by Crippen LogP contribution is 2.33. The number of urea groups is 1. The number of Topliss-reactive ketones (excluding diaryl/α,β-unsaturated/α-hetero) is 1. The molecule has 8 nitrogen and oxygen atoms in total. The van der Waals surface area contributed by atoms with E-state index in [1.807, 2.05) is 18.2 Å². The van der Waals surface area contributed by atoms with Crippen molar-refractivity contribution < 1.29 is 23.6 Å². The van der Waals surface area contributed by atoms with E-state index in [1.54, 1.807) is 48.2 Å². The van der Waals surface area contributed by atoms with Crippen molar-refractivity contribution in [2.24, 2.45) is 0 Å². The molecular weight excluding hydrogens is 410 g/mol. The number of furan rings is 1. The second kappa shape index (κ2) is 7.33. The second-order valence-electron chi connectivity index (χ2n) is 8.22. The van der Waals surface area contributed by atoms with Gasteiger partial charge in [-0.2, -0.15) is 0 Å². The molecule has 2 fully saturated rings. The minimum absolute atomic E-state index is 0.0188. The van der Waals surface area contributed by atoms with Crippen LogP contribution in [0.1, 0.15) is 35.9 Å². The molecule has 3 heterocycles. The molecule has 1 N–H and O–H groups in total. The van der Waals surface area contributed by atoms with Crippen LogP contribution in [0.3, 0.4) is 0 Å². The Morgan fingerprint density at radius 2 is 1.91 bits per heavy atom. The highest BCUT2D eigenvalue weighted by molar-refractivity contribution is 6.11. The summed E-state index contributed by atoms with van der Waals surface area (Å²) < 4.78 is 5.81. The fourth-order valence-electron chi connectivity index (χ4n) is 4.24. The van der Waals surface area contributed by atoms with Crippen molar-refractivity contribution in [3.05, 3.63) is 65.9 Å². The van der Waals surface area contributed by atoms with Crippen LogP contribution >= 0.6 is 0 Å². The van der Waals surface area contributed by atoms with E-state index in [0.29, 0.717) is 35.6 Å². The van der Waals surface area contributed by atoms with Gasteiger partial charge >= 0.3 is 6.03 Å². The fraction of sp³-hybridized carbons (Fsp3) is 0.250. The van der Waals surface area contributed by atoms with Crippen molar-refractivity contribution >= 4 is 40.3 Å². The van der Waals surface area contributed by atoms with Crippen molar-refractivity contribution in [2.75, 3.05) is 18.0 Å². The standard InChI is InChI=1S/C24H21N3O5/c1-24(20-13-16-6-2-3-9-19(16)32-20)22(30)27(23(31)25-24)14-18(28)15-7-4-8-17(12-15)26-11-5-10-21(26)29/h2-4,6-9,12-13H,5,10-11,14H2,1H3,(H,25,31). The molecule has 3 aromatic rings. The lowest BCUT2D eigenvalue weighted by Gasteiger charge is -2.19. The summed E-state index contributed by atoms with van der Waals surface area (Å²) in [5, 5.41) is 3.48. The number of hydrogen-bond acceptors (Lipinski definition) is 5. The Labute approximate surface area is 183 Å². The molecule has 162 valence electrons. The molecule has 2 aliphatic heterocycles. The minimum Gasteiger partial charge on any atom is -0.458 e. The van der Waals surface area contributed by atoms with Crippen LogP contribution in [0, 0.1) is 0 Å². The number of anilines is 1. The SMILES string of the molecule is CC1(c2cc3ccccc3o2)NC(=O)N(CC(=O)c2cccc(N3CCCC3=O)c2)C1=O. The number of para-hydroxylation sites is 1. The Morgan fingerprint density at radius 3 is 2.66 bits per heavy atom. The molecule has 8 heteroatoms. The van der Waals surface area contributed by atoms with Gasteiger partial charge in [0.1, 0.15) is 11.3 Å². The fourth-order valence-corrected chi connectivity index (χ4v) is 4.24. The molecule has 1 atom stereocenters. The predicted molar refractivity (Wildman–Crippen MR) is 116 cm³/mol. The first-order valence-corrected chi connectivity index (χ1v) is 10.4. The van der Waals surface area contributed by atoms with Crippen molar-refractivity contribution in [2.45, 2.75) is 25.3 Å². The molecule has 2 aliphatic rings. The zero-order valence-electron chi connectivity index (χ0n) is 17.5. The van der Waals surface area contributed by atoms with Gasteiger partial charge in [-0.3, -0.25) is 19.3 Å². The number of carbonyl (C=O) groups excluding carboxylic acids is 4. The van der Waals surface area contributed by atoms with Gasteiger partial charge in [-0.05, 0) is 37.6 Å². The van der Waals surface area contributed by atoms with Crippen LogP contribution in [0.2, 0.25) is 0 Å². The maximum absolute atomic E-state index is 13.2. The molecule has 0 bridgehead atoms. The van der Waals surface area contributed by atoms with Gasteiger partial charge in [-0.15, -0.1) is 0 Å². The smallest absolute Gasteiger partial charge is 0.325 e. The number of hydrogen-bond donors (Lipinski definition) is 1. The van der Waals surface area contributed by atoms with Crippen molar-refractivity contribution in [1.82, 2.24) is 10.2 Å². The number of carbonyl (C=O) groups is 4. The molecule has 2 saturated heterocycles. The third-order valence-corrected chi connectivity index (χ3v) is 6.05. The minimum atomic E-state index is -1.40. The lowest BCUT2D eigenvalue weighted by Crippen LogP contribution is -2.41. The third-order valence-electron chi connectivity index (χ3n) is 6.05. The first kappa shape index (κ1) is 20.0. The Balaban J connectivity index is 1.38. The number of benzene rings is 2. The van der Waals surface area contributed by atoms with Crippen LogP contribution < -0.4 is 10.2 Å². The number of fused-ring (bicyclic) bond motifs is 1. The van der Waals surface area contributed by atoms with E-state index in [9.17, 15) is 19.2 Å². The lowest BCUT2D eigenvalue weighted by molar-refractivity contribution is -0.131. The van der Waals surface area contributed by atoms with Crippen LogP contribution in [0.25, 0.3) is 11.0 Å². The van der Waals surface area contributed by atoms with E-state index in [-0.39, 0.29) is 5.91 Å². The number of imide groups is 1. The summed E-state index contributed by atoms with van der Waals surface area (Å²) in [4.78, 5) is 53.3. The van der Waals surface area contributed by atoms with Crippen molar-refractivity contribution in [3.8, 4) is 0 Å². The number of ketones is 1. The summed E-state index contributed by atoms with van der Waals surface area (Å²) in [6, 6.07) is 15.1. The normalized spacial score (nSPS) is 21.0. The first-order chi connectivity index (χ1) is 15.4.